The molecule has 184 valence electrons. The number of benzene rings is 1. The zero-order chi connectivity index (χ0) is 25.9. The lowest BCUT2D eigenvalue weighted by molar-refractivity contribution is -0.144. The first-order valence-electron chi connectivity index (χ1n) is 11.0. The van der Waals surface area contributed by atoms with Gasteiger partial charge in [-0.05, 0) is 77.1 Å². The molecule has 1 rings (SSSR count). The van der Waals surface area contributed by atoms with Crippen LogP contribution in [0, 0.1) is 23.7 Å². The minimum Gasteiger partial charge on any atom is -0.467 e. The summed E-state index contributed by atoms with van der Waals surface area (Å²) >= 11 is 0. The van der Waals surface area contributed by atoms with Crippen LogP contribution in [0.25, 0.3) is 0 Å². The molecule has 8 nitrogen and oxygen atoms in total. The summed E-state index contributed by atoms with van der Waals surface area (Å²) in [6, 6.07) is 5.22. The number of esters is 1. The van der Waals surface area contributed by atoms with Gasteiger partial charge in [0.2, 0.25) is 0 Å². The van der Waals surface area contributed by atoms with E-state index >= 15 is 0 Å². The van der Waals surface area contributed by atoms with E-state index in [1.54, 1.807) is 58.9 Å². The highest BCUT2D eigenvalue weighted by molar-refractivity contribution is 5.97. The number of alkyl carbamates (subject to hydrolysis) is 1. The first kappa shape index (κ1) is 28.5. The number of carbonyl (C=O) groups excluding carboxylic acids is 3. The molecule has 0 aliphatic rings. The summed E-state index contributed by atoms with van der Waals surface area (Å²) in [5.74, 6) is 9.51. The lowest BCUT2D eigenvalue weighted by Crippen LogP contribution is -2.62. The van der Waals surface area contributed by atoms with Gasteiger partial charge in [-0.15, -0.1) is 0 Å². The van der Waals surface area contributed by atoms with Crippen LogP contribution in [0.4, 0.5) is 4.79 Å². The number of carbonyl (C=O) groups is 3. The molecule has 8 heteroatoms. The Morgan fingerprint density at radius 2 is 1.68 bits per heavy atom. The number of nitrogens with one attached hydrogen (secondary N) is 2. The average Bonchev–Trinajstić information content (AvgIpc) is 2.73. The zero-order valence-corrected chi connectivity index (χ0v) is 20.9. The SMILES string of the molecule is CCCC(O)C#CC#Cc1ccc(C(=O)N[C@H](C(=O)OC)C(C)(C)NC(=O)OC(C)(C)C)cc1. The zero-order valence-electron chi connectivity index (χ0n) is 20.9. The summed E-state index contributed by atoms with van der Waals surface area (Å²) < 4.78 is 10.1. The molecular weight excluding hydrogens is 436 g/mol. The summed E-state index contributed by atoms with van der Waals surface area (Å²) in [6.45, 7) is 10.3. The molecule has 3 N–H and O–H groups in total. The molecule has 0 saturated heterocycles. The van der Waals surface area contributed by atoms with Crippen LogP contribution in [0.5, 0.6) is 0 Å². The van der Waals surface area contributed by atoms with E-state index < -0.39 is 41.3 Å². The highest BCUT2D eigenvalue weighted by Crippen LogP contribution is 2.15. The van der Waals surface area contributed by atoms with Crippen molar-refractivity contribution in [1.82, 2.24) is 10.6 Å². The van der Waals surface area contributed by atoms with Crippen LogP contribution in [0.3, 0.4) is 0 Å². The summed E-state index contributed by atoms with van der Waals surface area (Å²) in [7, 11) is 1.20. The lowest BCUT2D eigenvalue weighted by Gasteiger charge is -2.34. The van der Waals surface area contributed by atoms with Crippen molar-refractivity contribution in [3.8, 4) is 23.7 Å². The predicted molar refractivity (Wildman–Crippen MR) is 129 cm³/mol. The average molecular weight is 471 g/mol. The number of amides is 2. The Bertz CT molecular complexity index is 985. The highest BCUT2D eigenvalue weighted by atomic mass is 16.6. The molecule has 1 unspecified atom stereocenters. The minimum absolute atomic E-state index is 0.289. The maximum atomic E-state index is 12.8. The van der Waals surface area contributed by atoms with Gasteiger partial charge in [-0.1, -0.05) is 25.2 Å². The van der Waals surface area contributed by atoms with Crippen molar-refractivity contribution < 1.29 is 29.0 Å². The lowest BCUT2D eigenvalue weighted by atomic mass is 9.94. The quantitative estimate of drug-likeness (QED) is 0.417. The standard InChI is InChI=1S/C26H34N2O6/c1-8-11-20(29)13-10-9-12-18-14-16-19(17-15-18)22(30)27-21(23(31)33-7)26(5,6)28-24(32)34-25(2,3)4/h14-17,20-21,29H,8,11H2,1-7H3,(H,27,30)(H,28,32)/t20?,21-/m1/s1. The first-order chi connectivity index (χ1) is 15.8. The van der Waals surface area contributed by atoms with Gasteiger partial charge in [-0.25, -0.2) is 9.59 Å². The van der Waals surface area contributed by atoms with Crippen LogP contribution in [0.1, 0.15) is 70.3 Å². The molecule has 0 fully saturated rings. The van der Waals surface area contributed by atoms with E-state index in [0.29, 0.717) is 12.0 Å². The van der Waals surface area contributed by atoms with E-state index in [9.17, 15) is 19.5 Å². The molecule has 0 saturated carbocycles. The Hall–Kier alpha value is -3.49. The van der Waals surface area contributed by atoms with Crippen LogP contribution >= 0.6 is 0 Å². The topological polar surface area (TPSA) is 114 Å². The molecule has 1 aromatic carbocycles. The molecule has 2 amide bonds. The third-order valence-electron chi connectivity index (χ3n) is 4.47. The van der Waals surface area contributed by atoms with E-state index in [0.717, 1.165) is 6.42 Å². The van der Waals surface area contributed by atoms with Crippen LogP contribution in [-0.4, -0.2) is 53.5 Å². The second kappa shape index (κ2) is 12.7. The third kappa shape index (κ3) is 9.97. The molecule has 34 heavy (non-hydrogen) atoms. The van der Waals surface area contributed by atoms with Gasteiger partial charge in [0.15, 0.2) is 0 Å². The Kier molecular flexibility index (Phi) is 10.6. The third-order valence-corrected chi connectivity index (χ3v) is 4.47. The molecule has 0 aromatic heterocycles. The fourth-order valence-electron chi connectivity index (χ4n) is 2.78. The van der Waals surface area contributed by atoms with Crippen molar-refractivity contribution in [2.75, 3.05) is 7.11 Å². The molecule has 0 heterocycles. The summed E-state index contributed by atoms with van der Waals surface area (Å²) in [4.78, 5) is 37.4. The van der Waals surface area contributed by atoms with Crippen molar-refractivity contribution in [3.05, 3.63) is 35.4 Å². The van der Waals surface area contributed by atoms with Gasteiger partial charge in [0, 0.05) is 11.1 Å². The van der Waals surface area contributed by atoms with Gasteiger partial charge in [-0.3, -0.25) is 4.79 Å². The number of aliphatic hydroxyl groups is 1. The highest BCUT2D eigenvalue weighted by Gasteiger charge is 2.39. The Morgan fingerprint density at radius 1 is 1.06 bits per heavy atom. The second-order valence-electron chi connectivity index (χ2n) is 9.18. The van der Waals surface area contributed by atoms with Crippen molar-refractivity contribution in [1.29, 1.82) is 0 Å². The first-order valence-corrected chi connectivity index (χ1v) is 11.0. The van der Waals surface area contributed by atoms with Gasteiger partial charge in [0.25, 0.3) is 5.91 Å². The van der Waals surface area contributed by atoms with E-state index in [4.69, 9.17) is 9.47 Å². The van der Waals surface area contributed by atoms with Gasteiger partial charge >= 0.3 is 12.1 Å². The van der Waals surface area contributed by atoms with Crippen molar-refractivity contribution in [2.24, 2.45) is 0 Å². The molecule has 0 radical (unpaired) electrons. The number of aliphatic hydroxyl groups excluding tert-OH is 1. The van der Waals surface area contributed by atoms with Gasteiger partial charge in [0.05, 0.1) is 12.6 Å². The smallest absolute Gasteiger partial charge is 0.408 e. The number of hydrogen-bond donors (Lipinski definition) is 3. The van der Waals surface area contributed by atoms with Crippen molar-refractivity contribution >= 4 is 18.0 Å². The van der Waals surface area contributed by atoms with Crippen LogP contribution in [-0.2, 0) is 14.3 Å². The predicted octanol–water partition coefficient (Wildman–Crippen LogP) is 2.78. The summed E-state index contributed by atoms with van der Waals surface area (Å²) in [6.07, 6.45) is 0.00336. The minimum atomic E-state index is -1.21. The normalized spacial score (nSPS) is 12.6. The van der Waals surface area contributed by atoms with Crippen LogP contribution in [0.15, 0.2) is 24.3 Å². The van der Waals surface area contributed by atoms with Gasteiger partial charge < -0.3 is 25.2 Å². The Morgan fingerprint density at radius 3 is 2.21 bits per heavy atom. The van der Waals surface area contributed by atoms with Crippen molar-refractivity contribution in [3.63, 3.8) is 0 Å². The fraction of sp³-hybridized carbons (Fsp3) is 0.500. The number of rotatable bonds is 7. The van der Waals surface area contributed by atoms with E-state index in [1.807, 2.05) is 6.92 Å². The molecule has 1 aromatic rings. The summed E-state index contributed by atoms with van der Waals surface area (Å²) in [5, 5.41) is 14.8. The fourth-order valence-corrected chi connectivity index (χ4v) is 2.78. The maximum Gasteiger partial charge on any atom is 0.408 e. The Balaban J connectivity index is 2.94. The van der Waals surface area contributed by atoms with Crippen LogP contribution < -0.4 is 10.6 Å². The molecule has 0 bridgehead atoms. The molecule has 0 aliphatic carbocycles. The number of hydrogen-bond acceptors (Lipinski definition) is 6. The maximum absolute atomic E-state index is 12.8. The number of ether oxygens (including phenoxy) is 2. The van der Waals surface area contributed by atoms with Crippen LogP contribution in [0.2, 0.25) is 0 Å². The molecular formula is C26H34N2O6. The second-order valence-corrected chi connectivity index (χ2v) is 9.18. The van der Waals surface area contributed by atoms with Gasteiger partial charge in [0.1, 0.15) is 17.7 Å². The Labute approximate surface area is 201 Å². The van der Waals surface area contributed by atoms with Gasteiger partial charge in [-0.2, -0.15) is 0 Å². The molecule has 0 spiro atoms. The summed E-state index contributed by atoms with van der Waals surface area (Å²) in [5.41, 5.74) is -1.02. The molecule has 2 atom stereocenters. The largest absolute Gasteiger partial charge is 0.467 e. The van der Waals surface area contributed by atoms with E-state index in [2.05, 4.69) is 34.3 Å². The van der Waals surface area contributed by atoms with E-state index in [1.165, 1.54) is 7.11 Å². The van der Waals surface area contributed by atoms with E-state index in [-0.39, 0.29) is 5.56 Å². The van der Waals surface area contributed by atoms with Crippen molar-refractivity contribution in [2.45, 2.75) is 77.7 Å². The monoisotopic (exact) mass is 470 g/mol. The number of methoxy groups -OCH3 is 1. The molecule has 0 aliphatic heterocycles.